The van der Waals surface area contributed by atoms with E-state index in [0.717, 1.165) is 0 Å². The zero-order chi connectivity index (χ0) is 15.8. The number of amides is 3. The molecule has 0 bridgehead atoms. The Morgan fingerprint density at radius 1 is 1.33 bits per heavy atom. The lowest BCUT2D eigenvalue weighted by Crippen LogP contribution is -2.46. The maximum absolute atomic E-state index is 12.1. The molecular weight excluding hydrogens is 294 g/mol. The van der Waals surface area contributed by atoms with Gasteiger partial charge in [-0.1, -0.05) is 12.1 Å². The van der Waals surface area contributed by atoms with Crippen LogP contribution in [0.25, 0.3) is 0 Å². The summed E-state index contributed by atoms with van der Waals surface area (Å²) in [4.78, 5) is 34.2. The number of thioether (sulfide) groups is 1. The smallest absolute Gasteiger partial charge is 0.337 e. The van der Waals surface area contributed by atoms with Gasteiger partial charge in [-0.05, 0) is 30.6 Å². The van der Waals surface area contributed by atoms with Crippen molar-refractivity contribution in [3.63, 3.8) is 0 Å². The summed E-state index contributed by atoms with van der Waals surface area (Å²) in [5.74, 6) is -0.996. The summed E-state index contributed by atoms with van der Waals surface area (Å²) in [6.45, 7) is 0. The van der Waals surface area contributed by atoms with Gasteiger partial charge >= 0.3 is 12.0 Å². The highest BCUT2D eigenvalue weighted by atomic mass is 32.2. The van der Waals surface area contributed by atoms with E-state index in [2.05, 4.69) is 10.6 Å². The van der Waals surface area contributed by atoms with Crippen molar-refractivity contribution in [1.82, 2.24) is 5.32 Å². The third kappa shape index (κ3) is 5.35. The van der Waals surface area contributed by atoms with Crippen molar-refractivity contribution < 1.29 is 19.5 Å². The second-order valence-electron chi connectivity index (χ2n) is 4.18. The molecule has 0 saturated heterocycles. The number of carbonyl (C=O) groups excluding carboxylic acids is 2. The number of nitrogens with two attached hydrogens (primary N) is 1. The van der Waals surface area contributed by atoms with Crippen LogP contribution in [-0.4, -0.2) is 41.1 Å². The molecule has 1 atom stereocenters. The van der Waals surface area contributed by atoms with Crippen LogP contribution in [0.3, 0.4) is 0 Å². The van der Waals surface area contributed by atoms with Crippen molar-refractivity contribution in [3.8, 4) is 0 Å². The van der Waals surface area contributed by atoms with Crippen molar-refractivity contribution in [2.45, 2.75) is 12.5 Å². The molecule has 5 N–H and O–H groups in total. The van der Waals surface area contributed by atoms with Gasteiger partial charge in [0, 0.05) is 0 Å². The summed E-state index contributed by atoms with van der Waals surface area (Å²) in [6.07, 6.45) is 2.27. The van der Waals surface area contributed by atoms with Gasteiger partial charge in [-0.15, -0.1) is 0 Å². The minimum Gasteiger partial charge on any atom is -0.478 e. The first-order valence-corrected chi connectivity index (χ1v) is 7.53. The number of anilines is 1. The molecule has 0 heterocycles. The number of urea groups is 1. The third-order valence-corrected chi connectivity index (χ3v) is 3.30. The molecule has 114 valence electrons. The average molecular weight is 311 g/mol. The molecule has 0 aliphatic rings. The number of carbonyl (C=O) groups is 3. The van der Waals surface area contributed by atoms with Crippen LogP contribution in [0, 0.1) is 0 Å². The van der Waals surface area contributed by atoms with Crippen LogP contribution in [0.5, 0.6) is 0 Å². The average Bonchev–Trinajstić information content (AvgIpc) is 2.43. The monoisotopic (exact) mass is 311 g/mol. The number of para-hydroxylation sites is 1. The van der Waals surface area contributed by atoms with Crippen LogP contribution in [0.15, 0.2) is 24.3 Å². The Labute approximate surface area is 126 Å². The molecule has 7 nitrogen and oxygen atoms in total. The molecule has 1 aromatic rings. The summed E-state index contributed by atoms with van der Waals surface area (Å²) < 4.78 is 0. The van der Waals surface area contributed by atoms with Gasteiger partial charge in [0.25, 0.3) is 0 Å². The summed E-state index contributed by atoms with van der Waals surface area (Å²) in [5, 5.41) is 13.9. The van der Waals surface area contributed by atoms with Gasteiger partial charge in [-0.3, -0.25) is 4.79 Å². The summed E-state index contributed by atoms with van der Waals surface area (Å²) in [5.41, 5.74) is 5.20. The zero-order valence-corrected chi connectivity index (χ0v) is 12.3. The largest absolute Gasteiger partial charge is 0.478 e. The van der Waals surface area contributed by atoms with Crippen molar-refractivity contribution in [3.05, 3.63) is 29.8 Å². The lowest BCUT2D eigenvalue weighted by Gasteiger charge is -2.17. The molecule has 1 unspecified atom stereocenters. The fourth-order valence-electron chi connectivity index (χ4n) is 1.67. The number of hydrogen-bond acceptors (Lipinski definition) is 4. The van der Waals surface area contributed by atoms with Crippen LogP contribution in [0.4, 0.5) is 10.5 Å². The molecule has 3 amide bonds. The Balaban J connectivity index is 2.85. The fraction of sp³-hybridized carbons (Fsp3) is 0.308. The number of rotatable bonds is 7. The zero-order valence-electron chi connectivity index (χ0n) is 11.5. The second kappa shape index (κ2) is 8.15. The molecule has 0 aliphatic carbocycles. The van der Waals surface area contributed by atoms with Crippen LogP contribution in [0.1, 0.15) is 16.8 Å². The summed E-state index contributed by atoms with van der Waals surface area (Å²) in [6, 6.07) is 4.43. The highest BCUT2D eigenvalue weighted by Gasteiger charge is 2.21. The van der Waals surface area contributed by atoms with E-state index in [9.17, 15) is 14.4 Å². The molecule has 0 aromatic heterocycles. The van der Waals surface area contributed by atoms with Crippen LogP contribution < -0.4 is 16.4 Å². The van der Waals surface area contributed by atoms with E-state index in [1.54, 1.807) is 12.1 Å². The molecular formula is C13H17N3O4S. The molecule has 1 rings (SSSR count). The SMILES string of the molecule is CSCCC(NC(N)=O)C(=O)Nc1ccccc1C(=O)O. The van der Waals surface area contributed by atoms with Crippen molar-refractivity contribution in [2.75, 3.05) is 17.3 Å². The van der Waals surface area contributed by atoms with Gasteiger partial charge in [0.2, 0.25) is 5.91 Å². The Morgan fingerprint density at radius 2 is 2.00 bits per heavy atom. The number of benzene rings is 1. The summed E-state index contributed by atoms with van der Waals surface area (Å²) in [7, 11) is 0. The fourth-order valence-corrected chi connectivity index (χ4v) is 2.15. The number of nitrogens with one attached hydrogen (secondary N) is 2. The van der Waals surface area contributed by atoms with Crippen LogP contribution in [-0.2, 0) is 4.79 Å². The lowest BCUT2D eigenvalue weighted by atomic mass is 10.1. The van der Waals surface area contributed by atoms with E-state index in [0.29, 0.717) is 12.2 Å². The molecule has 21 heavy (non-hydrogen) atoms. The second-order valence-corrected chi connectivity index (χ2v) is 5.17. The Kier molecular flexibility index (Phi) is 6.54. The first-order valence-electron chi connectivity index (χ1n) is 6.13. The van der Waals surface area contributed by atoms with E-state index in [1.165, 1.54) is 23.9 Å². The van der Waals surface area contributed by atoms with Crippen molar-refractivity contribution >= 4 is 35.4 Å². The van der Waals surface area contributed by atoms with Gasteiger partial charge in [-0.25, -0.2) is 9.59 Å². The van der Waals surface area contributed by atoms with E-state index < -0.39 is 23.9 Å². The number of carboxylic acid groups (broad SMARTS) is 1. The van der Waals surface area contributed by atoms with E-state index in [-0.39, 0.29) is 11.3 Å². The standard InChI is InChI=1S/C13H17N3O4S/c1-21-7-6-10(16-13(14)20)11(17)15-9-5-3-2-4-8(9)12(18)19/h2-5,10H,6-7H2,1H3,(H,15,17)(H,18,19)(H3,14,16,20). The predicted octanol–water partition coefficient (Wildman–Crippen LogP) is 1.11. The minimum atomic E-state index is -1.14. The van der Waals surface area contributed by atoms with Gasteiger partial charge < -0.3 is 21.5 Å². The molecule has 0 fully saturated rings. The predicted molar refractivity (Wildman–Crippen MR) is 81.5 cm³/mol. The van der Waals surface area contributed by atoms with Gasteiger partial charge in [-0.2, -0.15) is 11.8 Å². The minimum absolute atomic E-state index is 0.0199. The highest BCUT2D eigenvalue weighted by molar-refractivity contribution is 7.98. The lowest BCUT2D eigenvalue weighted by molar-refractivity contribution is -0.117. The Hall–Kier alpha value is -2.22. The number of primary amides is 1. The van der Waals surface area contributed by atoms with Crippen LogP contribution in [0.2, 0.25) is 0 Å². The Morgan fingerprint density at radius 3 is 2.57 bits per heavy atom. The van der Waals surface area contributed by atoms with E-state index >= 15 is 0 Å². The molecule has 0 spiro atoms. The number of hydrogen-bond donors (Lipinski definition) is 4. The molecule has 0 saturated carbocycles. The topological polar surface area (TPSA) is 122 Å². The van der Waals surface area contributed by atoms with Gasteiger partial charge in [0.15, 0.2) is 0 Å². The number of aromatic carboxylic acids is 1. The Bertz CT molecular complexity index is 536. The molecule has 1 aromatic carbocycles. The third-order valence-electron chi connectivity index (χ3n) is 2.66. The van der Waals surface area contributed by atoms with E-state index in [1.807, 2.05) is 6.26 Å². The highest BCUT2D eigenvalue weighted by Crippen LogP contribution is 2.15. The molecule has 0 radical (unpaired) electrons. The van der Waals surface area contributed by atoms with Gasteiger partial charge in [0.05, 0.1) is 11.3 Å². The van der Waals surface area contributed by atoms with Crippen molar-refractivity contribution in [2.24, 2.45) is 5.73 Å². The molecule has 8 heteroatoms. The first kappa shape index (κ1) is 16.8. The quantitative estimate of drug-likeness (QED) is 0.601. The maximum atomic E-state index is 12.1. The number of carboxylic acids is 1. The molecule has 0 aliphatic heterocycles. The maximum Gasteiger partial charge on any atom is 0.337 e. The van der Waals surface area contributed by atoms with Crippen molar-refractivity contribution in [1.29, 1.82) is 0 Å². The normalized spacial score (nSPS) is 11.5. The van der Waals surface area contributed by atoms with E-state index in [4.69, 9.17) is 10.8 Å². The van der Waals surface area contributed by atoms with Gasteiger partial charge in [0.1, 0.15) is 6.04 Å². The van der Waals surface area contributed by atoms with Crippen LogP contribution >= 0.6 is 11.8 Å². The summed E-state index contributed by atoms with van der Waals surface area (Å²) >= 11 is 1.52. The first-order chi connectivity index (χ1) is 9.95.